The van der Waals surface area contributed by atoms with E-state index in [9.17, 15) is 17.6 Å². The fourth-order valence-corrected chi connectivity index (χ4v) is 3.36. The number of carbonyl (C=O) groups excluding carboxylic acids is 1. The number of ketones is 1. The zero-order valence-corrected chi connectivity index (χ0v) is 15.3. The lowest BCUT2D eigenvalue weighted by molar-refractivity contribution is -0.118. The predicted molar refractivity (Wildman–Crippen MR) is 91.9 cm³/mol. The third kappa shape index (κ3) is 6.42. The quantitative estimate of drug-likeness (QED) is 0.671. The van der Waals surface area contributed by atoms with Crippen LogP contribution in [0.2, 0.25) is 0 Å². The molecule has 23 heavy (non-hydrogen) atoms. The normalized spacial score (nSPS) is 12.4. The molecule has 0 saturated carbocycles. The Labute approximate surface area is 139 Å². The Bertz CT molecular complexity index is 643. The summed E-state index contributed by atoms with van der Waals surface area (Å²) in [6.07, 6.45) is 2.60. The molecule has 1 aromatic carbocycles. The Kier molecular flexibility index (Phi) is 6.93. The molecule has 0 N–H and O–H groups in total. The van der Waals surface area contributed by atoms with E-state index in [-0.39, 0.29) is 23.8 Å². The second-order valence-electron chi connectivity index (χ2n) is 7.04. The zero-order chi connectivity index (χ0) is 17.7. The van der Waals surface area contributed by atoms with E-state index < -0.39 is 14.6 Å². The highest BCUT2D eigenvalue weighted by Crippen LogP contribution is 2.18. The van der Waals surface area contributed by atoms with E-state index in [4.69, 9.17) is 0 Å². The van der Waals surface area contributed by atoms with Crippen molar-refractivity contribution in [2.75, 3.05) is 5.75 Å². The molecule has 0 aliphatic carbocycles. The van der Waals surface area contributed by atoms with Crippen LogP contribution in [0.15, 0.2) is 18.2 Å². The Morgan fingerprint density at radius 3 is 2.35 bits per heavy atom. The molecule has 130 valence electrons. The summed E-state index contributed by atoms with van der Waals surface area (Å²) in [5.74, 6) is -0.0666. The van der Waals surface area contributed by atoms with Crippen LogP contribution in [0, 0.1) is 12.7 Å². The third-order valence-corrected chi connectivity index (χ3v) is 6.63. The number of benzene rings is 1. The number of unbranched alkanes of at least 4 members (excludes halogenated alkanes) is 2. The topological polar surface area (TPSA) is 51.2 Å². The van der Waals surface area contributed by atoms with E-state index in [0.29, 0.717) is 36.8 Å². The van der Waals surface area contributed by atoms with Gasteiger partial charge < -0.3 is 0 Å². The molecule has 1 aromatic rings. The van der Waals surface area contributed by atoms with E-state index >= 15 is 0 Å². The first-order valence-corrected chi connectivity index (χ1v) is 9.67. The highest BCUT2D eigenvalue weighted by atomic mass is 32.2. The lowest BCUT2D eigenvalue weighted by atomic mass is 10.0. The maximum absolute atomic E-state index is 13.4. The predicted octanol–water partition coefficient (Wildman–Crippen LogP) is 4.02. The van der Waals surface area contributed by atoms with Gasteiger partial charge in [0.1, 0.15) is 11.6 Å². The first-order chi connectivity index (χ1) is 10.5. The Balaban J connectivity index is 2.31. The molecular weight excluding hydrogens is 315 g/mol. The summed E-state index contributed by atoms with van der Waals surface area (Å²) < 4.78 is 36.6. The number of Topliss-reactive ketones (excluding diaryl/α,β-unsaturated/α-hetero) is 1. The molecule has 0 heterocycles. The molecule has 0 fully saturated rings. The van der Waals surface area contributed by atoms with Crippen molar-refractivity contribution in [1.29, 1.82) is 0 Å². The molecule has 0 spiro atoms. The summed E-state index contributed by atoms with van der Waals surface area (Å²) in [5.41, 5.74) is 1.26. The highest BCUT2D eigenvalue weighted by Gasteiger charge is 2.27. The Morgan fingerprint density at radius 1 is 1.13 bits per heavy atom. The minimum absolute atomic E-state index is 0.0620. The van der Waals surface area contributed by atoms with Gasteiger partial charge in [-0.1, -0.05) is 18.6 Å². The van der Waals surface area contributed by atoms with Gasteiger partial charge >= 0.3 is 0 Å². The minimum Gasteiger partial charge on any atom is -0.299 e. The van der Waals surface area contributed by atoms with E-state index in [1.54, 1.807) is 39.8 Å². The van der Waals surface area contributed by atoms with Gasteiger partial charge in [-0.3, -0.25) is 4.79 Å². The maximum atomic E-state index is 13.4. The molecule has 0 aliphatic rings. The summed E-state index contributed by atoms with van der Waals surface area (Å²) in [6.45, 7) is 6.79. The summed E-state index contributed by atoms with van der Waals surface area (Å²) in [6, 6.07) is 4.85. The summed E-state index contributed by atoms with van der Waals surface area (Å²) >= 11 is 0. The van der Waals surface area contributed by atoms with Crippen LogP contribution in [0.25, 0.3) is 0 Å². The van der Waals surface area contributed by atoms with Gasteiger partial charge in [-0.05, 0) is 57.7 Å². The summed E-state index contributed by atoms with van der Waals surface area (Å²) in [5, 5.41) is 0. The van der Waals surface area contributed by atoms with Crippen molar-refractivity contribution >= 4 is 15.6 Å². The van der Waals surface area contributed by atoms with Crippen molar-refractivity contribution in [3.63, 3.8) is 0 Å². The molecule has 5 heteroatoms. The number of hydrogen-bond donors (Lipinski definition) is 0. The van der Waals surface area contributed by atoms with Gasteiger partial charge in [-0.15, -0.1) is 0 Å². The van der Waals surface area contributed by atoms with E-state index in [1.165, 1.54) is 6.07 Å². The van der Waals surface area contributed by atoms with Gasteiger partial charge in [0, 0.05) is 12.8 Å². The van der Waals surface area contributed by atoms with Crippen molar-refractivity contribution in [3.05, 3.63) is 35.1 Å². The van der Waals surface area contributed by atoms with Crippen molar-refractivity contribution in [2.45, 2.75) is 64.5 Å². The van der Waals surface area contributed by atoms with Crippen LogP contribution >= 0.6 is 0 Å². The molecule has 0 aliphatic heterocycles. The minimum atomic E-state index is -3.08. The first-order valence-electron chi connectivity index (χ1n) is 8.02. The summed E-state index contributed by atoms with van der Waals surface area (Å²) in [7, 11) is -3.08. The fourth-order valence-electron chi connectivity index (χ4n) is 2.16. The molecule has 1 rings (SSSR count). The van der Waals surface area contributed by atoms with Gasteiger partial charge in [0.25, 0.3) is 0 Å². The largest absolute Gasteiger partial charge is 0.299 e. The third-order valence-electron chi connectivity index (χ3n) is 3.94. The van der Waals surface area contributed by atoms with Crippen LogP contribution in [0.1, 0.15) is 57.6 Å². The number of rotatable bonds is 8. The average molecular weight is 342 g/mol. The van der Waals surface area contributed by atoms with Crippen molar-refractivity contribution in [3.8, 4) is 0 Å². The number of sulfone groups is 1. The van der Waals surface area contributed by atoms with Crippen LogP contribution in [0.4, 0.5) is 4.39 Å². The van der Waals surface area contributed by atoms with Gasteiger partial charge in [-0.25, -0.2) is 12.8 Å². The standard InChI is InChI=1S/C18H27FO3S/c1-14-9-10-15(13-17(14)19)12-16(20)8-6-5-7-11-23(21,22)18(2,3)4/h9-10,13H,5-8,11-12H2,1-4H3. The molecule has 3 nitrogen and oxygen atoms in total. The number of halogens is 1. The maximum Gasteiger partial charge on any atom is 0.155 e. The van der Waals surface area contributed by atoms with Crippen LogP contribution < -0.4 is 0 Å². The number of hydrogen-bond acceptors (Lipinski definition) is 3. The molecular formula is C18H27FO3S. The first kappa shape index (κ1) is 19.8. The molecule has 0 radical (unpaired) electrons. The number of aryl methyl sites for hydroxylation is 1. The van der Waals surface area contributed by atoms with E-state index in [2.05, 4.69) is 0 Å². The van der Waals surface area contributed by atoms with Crippen molar-refractivity contribution < 1.29 is 17.6 Å². The van der Waals surface area contributed by atoms with Crippen LogP contribution in [0.5, 0.6) is 0 Å². The van der Waals surface area contributed by atoms with Gasteiger partial charge in [-0.2, -0.15) is 0 Å². The van der Waals surface area contributed by atoms with Crippen molar-refractivity contribution in [1.82, 2.24) is 0 Å². The van der Waals surface area contributed by atoms with Crippen LogP contribution in [-0.2, 0) is 21.1 Å². The van der Waals surface area contributed by atoms with Crippen LogP contribution in [-0.4, -0.2) is 24.7 Å². The van der Waals surface area contributed by atoms with Crippen molar-refractivity contribution in [2.24, 2.45) is 0 Å². The van der Waals surface area contributed by atoms with Gasteiger partial charge in [0.15, 0.2) is 9.84 Å². The molecule has 0 bridgehead atoms. The average Bonchev–Trinajstić information content (AvgIpc) is 2.41. The Morgan fingerprint density at radius 2 is 1.78 bits per heavy atom. The molecule has 0 saturated heterocycles. The van der Waals surface area contributed by atoms with E-state index in [0.717, 1.165) is 0 Å². The molecule has 0 unspecified atom stereocenters. The smallest absolute Gasteiger partial charge is 0.155 e. The van der Waals surface area contributed by atoms with Gasteiger partial charge in [0.2, 0.25) is 0 Å². The lowest BCUT2D eigenvalue weighted by Crippen LogP contribution is -2.30. The van der Waals surface area contributed by atoms with Crippen LogP contribution in [0.3, 0.4) is 0 Å². The lowest BCUT2D eigenvalue weighted by Gasteiger charge is -2.18. The zero-order valence-electron chi connectivity index (χ0n) is 14.5. The molecule has 0 aromatic heterocycles. The number of carbonyl (C=O) groups is 1. The summed E-state index contributed by atoms with van der Waals surface area (Å²) in [4.78, 5) is 11.9. The molecule has 0 amide bonds. The molecule has 0 atom stereocenters. The monoisotopic (exact) mass is 342 g/mol. The fraction of sp³-hybridized carbons (Fsp3) is 0.611. The Hall–Kier alpha value is -1.23. The van der Waals surface area contributed by atoms with E-state index in [1.807, 2.05) is 0 Å². The SMILES string of the molecule is Cc1ccc(CC(=O)CCCCCS(=O)(=O)C(C)(C)C)cc1F. The van der Waals surface area contributed by atoms with Gasteiger partial charge in [0.05, 0.1) is 10.5 Å². The second kappa shape index (κ2) is 8.04. The highest BCUT2D eigenvalue weighted by molar-refractivity contribution is 7.92. The second-order valence-corrected chi connectivity index (χ2v) is 9.90.